The van der Waals surface area contributed by atoms with E-state index >= 15 is 0 Å². The lowest BCUT2D eigenvalue weighted by molar-refractivity contribution is 0.415. The van der Waals surface area contributed by atoms with E-state index in [9.17, 15) is 12.8 Å². The Labute approximate surface area is 115 Å². The fourth-order valence-electron chi connectivity index (χ4n) is 1.73. The minimum Gasteiger partial charge on any atom is -0.496 e. The summed E-state index contributed by atoms with van der Waals surface area (Å²) < 4.78 is 41.3. The molecule has 0 unspecified atom stereocenters. The molecule has 2 aromatic carbocycles. The van der Waals surface area contributed by atoms with Gasteiger partial charge in [-0.05, 0) is 18.2 Å². The van der Waals surface area contributed by atoms with Gasteiger partial charge in [0.25, 0.3) is 9.05 Å². The van der Waals surface area contributed by atoms with Gasteiger partial charge < -0.3 is 4.74 Å². The topological polar surface area (TPSA) is 43.4 Å². The summed E-state index contributed by atoms with van der Waals surface area (Å²) in [5.41, 5.74) is 0.794. The third-order valence-corrected chi connectivity index (χ3v) is 3.97. The van der Waals surface area contributed by atoms with Crippen LogP contribution in [0, 0.1) is 5.82 Å². The van der Waals surface area contributed by atoms with Gasteiger partial charge in [-0.2, -0.15) is 0 Å². The molecule has 0 radical (unpaired) electrons. The molecule has 0 aromatic heterocycles. The lowest BCUT2D eigenvalue weighted by Crippen LogP contribution is -1.95. The van der Waals surface area contributed by atoms with E-state index in [1.54, 1.807) is 18.2 Å². The Bertz CT molecular complexity index is 714. The molecule has 0 spiro atoms. The van der Waals surface area contributed by atoms with Gasteiger partial charge in [0.15, 0.2) is 0 Å². The first-order valence-corrected chi connectivity index (χ1v) is 7.62. The van der Waals surface area contributed by atoms with Crippen molar-refractivity contribution >= 4 is 19.7 Å². The maximum atomic E-state index is 13.7. The predicted octanol–water partition coefficient (Wildman–Crippen LogP) is 3.43. The zero-order valence-corrected chi connectivity index (χ0v) is 11.5. The number of rotatable bonds is 3. The highest BCUT2D eigenvalue weighted by Gasteiger charge is 2.16. The molecular formula is C13H10ClFO3S. The van der Waals surface area contributed by atoms with Crippen LogP contribution in [0.2, 0.25) is 0 Å². The van der Waals surface area contributed by atoms with Crippen molar-refractivity contribution in [3.8, 4) is 16.9 Å². The number of ether oxygens (including phenoxy) is 1. The number of methoxy groups -OCH3 is 1. The van der Waals surface area contributed by atoms with Gasteiger partial charge in [0.2, 0.25) is 0 Å². The first kappa shape index (κ1) is 13.8. The standard InChI is InChI=1S/C13H10ClFO3S/c1-18-13-8-9(19(14,16)17)6-7-11(13)10-4-2-3-5-12(10)15/h2-8H,1H3. The first-order chi connectivity index (χ1) is 8.93. The molecule has 0 fully saturated rings. The molecule has 0 saturated carbocycles. The zero-order chi connectivity index (χ0) is 14.0. The number of hydrogen-bond acceptors (Lipinski definition) is 3. The van der Waals surface area contributed by atoms with Gasteiger partial charge >= 0.3 is 0 Å². The molecule has 0 N–H and O–H groups in total. The van der Waals surface area contributed by atoms with Crippen LogP contribution in [0.1, 0.15) is 0 Å². The van der Waals surface area contributed by atoms with E-state index in [4.69, 9.17) is 15.4 Å². The molecule has 0 aliphatic carbocycles. The van der Waals surface area contributed by atoms with E-state index in [1.807, 2.05) is 0 Å². The summed E-state index contributed by atoms with van der Waals surface area (Å²) in [4.78, 5) is -0.0916. The molecule has 2 aromatic rings. The molecule has 0 bridgehead atoms. The van der Waals surface area contributed by atoms with Crippen LogP contribution in [0.4, 0.5) is 4.39 Å². The summed E-state index contributed by atoms with van der Waals surface area (Å²) in [5.74, 6) is -0.172. The second kappa shape index (κ2) is 5.19. The van der Waals surface area contributed by atoms with E-state index in [0.717, 1.165) is 0 Å². The Kier molecular flexibility index (Phi) is 3.78. The third-order valence-electron chi connectivity index (χ3n) is 2.62. The Morgan fingerprint density at radius 3 is 2.37 bits per heavy atom. The fourth-order valence-corrected chi connectivity index (χ4v) is 2.49. The third kappa shape index (κ3) is 2.88. The average molecular weight is 301 g/mol. The van der Waals surface area contributed by atoms with Crippen LogP contribution < -0.4 is 4.74 Å². The lowest BCUT2D eigenvalue weighted by atomic mass is 10.0. The van der Waals surface area contributed by atoms with Crippen LogP contribution in [-0.2, 0) is 9.05 Å². The molecule has 3 nitrogen and oxygen atoms in total. The van der Waals surface area contributed by atoms with Gasteiger partial charge in [-0.15, -0.1) is 0 Å². The second-order valence-electron chi connectivity index (χ2n) is 3.78. The van der Waals surface area contributed by atoms with E-state index in [2.05, 4.69) is 0 Å². The minimum absolute atomic E-state index is 0.0916. The van der Waals surface area contributed by atoms with Crippen LogP contribution in [0.5, 0.6) is 5.75 Å². The molecule has 0 atom stereocenters. The molecule has 19 heavy (non-hydrogen) atoms. The smallest absolute Gasteiger partial charge is 0.261 e. The molecule has 0 aliphatic rings. The van der Waals surface area contributed by atoms with Gasteiger partial charge in [0.1, 0.15) is 11.6 Å². The van der Waals surface area contributed by atoms with E-state index < -0.39 is 14.9 Å². The van der Waals surface area contributed by atoms with Crippen molar-refractivity contribution < 1.29 is 17.5 Å². The Morgan fingerprint density at radius 2 is 1.79 bits per heavy atom. The lowest BCUT2D eigenvalue weighted by Gasteiger charge is -2.10. The van der Waals surface area contributed by atoms with E-state index in [-0.39, 0.29) is 10.6 Å². The summed E-state index contributed by atoms with van der Waals surface area (Å²) in [7, 11) is 2.79. The molecule has 0 heterocycles. The Morgan fingerprint density at radius 1 is 1.11 bits per heavy atom. The largest absolute Gasteiger partial charge is 0.496 e. The summed E-state index contributed by atoms with van der Waals surface area (Å²) in [6.07, 6.45) is 0. The highest BCUT2D eigenvalue weighted by atomic mass is 35.7. The number of hydrogen-bond donors (Lipinski definition) is 0. The predicted molar refractivity (Wildman–Crippen MR) is 71.4 cm³/mol. The fraction of sp³-hybridized carbons (Fsp3) is 0.0769. The van der Waals surface area contributed by atoms with Gasteiger partial charge in [-0.1, -0.05) is 18.2 Å². The Hall–Kier alpha value is -1.59. The van der Waals surface area contributed by atoms with Crippen LogP contribution in [-0.4, -0.2) is 15.5 Å². The van der Waals surface area contributed by atoms with Crippen LogP contribution >= 0.6 is 10.7 Å². The van der Waals surface area contributed by atoms with Gasteiger partial charge in [-0.25, -0.2) is 12.8 Å². The molecule has 100 valence electrons. The van der Waals surface area contributed by atoms with Gasteiger partial charge in [0, 0.05) is 27.9 Å². The quantitative estimate of drug-likeness (QED) is 0.816. The van der Waals surface area contributed by atoms with Crippen molar-refractivity contribution in [1.82, 2.24) is 0 Å². The Balaban J connectivity index is 2.64. The van der Waals surface area contributed by atoms with Gasteiger partial charge in [0.05, 0.1) is 12.0 Å². The van der Waals surface area contributed by atoms with Crippen LogP contribution in [0.25, 0.3) is 11.1 Å². The maximum absolute atomic E-state index is 13.7. The van der Waals surface area contributed by atoms with Gasteiger partial charge in [-0.3, -0.25) is 0 Å². The average Bonchev–Trinajstić information content (AvgIpc) is 2.37. The highest BCUT2D eigenvalue weighted by Crippen LogP contribution is 2.34. The van der Waals surface area contributed by atoms with Crippen LogP contribution in [0.3, 0.4) is 0 Å². The molecule has 2 rings (SSSR count). The SMILES string of the molecule is COc1cc(S(=O)(=O)Cl)ccc1-c1ccccc1F. The molecule has 6 heteroatoms. The van der Waals surface area contributed by atoms with E-state index in [1.165, 1.54) is 31.4 Å². The normalized spacial score (nSPS) is 11.3. The summed E-state index contributed by atoms with van der Waals surface area (Å²) in [5, 5.41) is 0. The summed E-state index contributed by atoms with van der Waals surface area (Å²) in [6.45, 7) is 0. The minimum atomic E-state index is -3.85. The van der Waals surface area contributed by atoms with Crippen molar-refractivity contribution in [3.63, 3.8) is 0 Å². The molecular weight excluding hydrogens is 291 g/mol. The van der Waals surface area contributed by atoms with Crippen molar-refractivity contribution in [2.45, 2.75) is 4.90 Å². The van der Waals surface area contributed by atoms with Crippen molar-refractivity contribution in [3.05, 3.63) is 48.3 Å². The molecule has 0 amide bonds. The van der Waals surface area contributed by atoms with Crippen molar-refractivity contribution in [2.75, 3.05) is 7.11 Å². The monoisotopic (exact) mass is 300 g/mol. The highest BCUT2D eigenvalue weighted by molar-refractivity contribution is 8.13. The maximum Gasteiger partial charge on any atom is 0.261 e. The summed E-state index contributed by atoms with van der Waals surface area (Å²) >= 11 is 0. The molecule has 0 aliphatic heterocycles. The van der Waals surface area contributed by atoms with E-state index in [0.29, 0.717) is 11.1 Å². The van der Waals surface area contributed by atoms with Crippen molar-refractivity contribution in [2.24, 2.45) is 0 Å². The summed E-state index contributed by atoms with van der Waals surface area (Å²) in [6, 6.07) is 10.2. The number of benzene rings is 2. The van der Waals surface area contributed by atoms with Crippen molar-refractivity contribution in [1.29, 1.82) is 0 Å². The first-order valence-electron chi connectivity index (χ1n) is 5.31. The molecule has 0 saturated heterocycles. The number of halogens is 2. The second-order valence-corrected chi connectivity index (χ2v) is 6.35. The van der Waals surface area contributed by atoms with Crippen LogP contribution in [0.15, 0.2) is 47.4 Å². The zero-order valence-electron chi connectivity index (χ0n) is 9.93.